The molecule has 6 heteroatoms. The van der Waals surface area contributed by atoms with E-state index < -0.39 is 16.1 Å². The van der Waals surface area contributed by atoms with Gasteiger partial charge in [-0.25, -0.2) is 8.42 Å². The molecule has 0 aromatic heterocycles. The number of carbonyl (C=O) groups is 1. The topological polar surface area (TPSA) is 75.3 Å². The van der Waals surface area contributed by atoms with Crippen LogP contribution in [0.2, 0.25) is 0 Å². The minimum absolute atomic E-state index is 0.148. The monoisotopic (exact) mass is 310 g/mol. The Morgan fingerprint density at radius 1 is 1.29 bits per heavy atom. The van der Waals surface area contributed by atoms with Crippen molar-refractivity contribution < 1.29 is 13.2 Å². The van der Waals surface area contributed by atoms with Gasteiger partial charge in [0, 0.05) is 6.54 Å². The summed E-state index contributed by atoms with van der Waals surface area (Å²) in [7, 11) is -3.73. The number of aryl methyl sites for hydroxylation is 1. The maximum atomic E-state index is 12.3. The molecule has 0 fully saturated rings. The zero-order chi connectivity index (χ0) is 16.0. The smallest absolute Gasteiger partial charge is 0.241 e. The molecule has 2 N–H and O–H groups in total. The van der Waals surface area contributed by atoms with E-state index in [1.165, 1.54) is 12.1 Å². The van der Waals surface area contributed by atoms with Gasteiger partial charge in [-0.05, 0) is 25.0 Å². The Morgan fingerprint density at radius 3 is 2.33 bits per heavy atom. The van der Waals surface area contributed by atoms with Crippen LogP contribution in [0.1, 0.15) is 19.4 Å². The molecule has 1 atom stereocenters. The molecule has 5 nitrogen and oxygen atoms in total. The van der Waals surface area contributed by atoms with Crippen molar-refractivity contribution in [1.29, 1.82) is 0 Å². The van der Waals surface area contributed by atoms with Crippen LogP contribution in [-0.2, 0) is 14.8 Å². The fraction of sp³-hybridized carbons (Fsp3) is 0.400. The molecule has 0 saturated carbocycles. The SMILES string of the molecule is C=CCNC(=O)[C@@H](NS(=O)(=O)c1ccc(C)cc1)C(C)C. The van der Waals surface area contributed by atoms with Gasteiger partial charge in [0.05, 0.1) is 4.90 Å². The summed E-state index contributed by atoms with van der Waals surface area (Å²) in [5.74, 6) is -0.532. The third-order valence-corrected chi connectivity index (χ3v) is 4.44. The van der Waals surface area contributed by atoms with Crippen LogP contribution < -0.4 is 10.0 Å². The first-order chi connectivity index (χ1) is 9.77. The summed E-state index contributed by atoms with van der Waals surface area (Å²) < 4.78 is 27.1. The maximum Gasteiger partial charge on any atom is 0.241 e. The number of benzene rings is 1. The van der Waals surface area contributed by atoms with Crippen LogP contribution in [0.4, 0.5) is 0 Å². The molecule has 0 aliphatic heterocycles. The molecule has 1 aromatic rings. The second kappa shape index (κ2) is 7.38. The quantitative estimate of drug-likeness (QED) is 0.751. The average molecular weight is 310 g/mol. The van der Waals surface area contributed by atoms with Gasteiger partial charge in [-0.1, -0.05) is 37.6 Å². The molecule has 0 heterocycles. The first kappa shape index (κ1) is 17.4. The third-order valence-electron chi connectivity index (χ3n) is 2.98. The summed E-state index contributed by atoms with van der Waals surface area (Å²) in [6, 6.07) is 5.66. The minimum atomic E-state index is -3.73. The number of hydrogen-bond donors (Lipinski definition) is 2. The van der Waals surface area contributed by atoms with Crippen LogP contribution in [0.25, 0.3) is 0 Å². The number of carbonyl (C=O) groups excluding carboxylic acids is 1. The summed E-state index contributed by atoms with van der Waals surface area (Å²) in [4.78, 5) is 12.2. The lowest BCUT2D eigenvalue weighted by Crippen LogP contribution is -2.49. The summed E-state index contributed by atoms with van der Waals surface area (Å²) in [5.41, 5.74) is 0.970. The van der Waals surface area contributed by atoms with E-state index in [4.69, 9.17) is 0 Å². The lowest BCUT2D eigenvalue weighted by molar-refractivity contribution is -0.123. The lowest BCUT2D eigenvalue weighted by atomic mass is 10.1. The van der Waals surface area contributed by atoms with E-state index >= 15 is 0 Å². The van der Waals surface area contributed by atoms with Crippen molar-refractivity contribution in [1.82, 2.24) is 10.0 Å². The molecule has 0 radical (unpaired) electrons. The van der Waals surface area contributed by atoms with Gasteiger partial charge in [0.1, 0.15) is 6.04 Å². The number of rotatable bonds is 7. The second-order valence-electron chi connectivity index (χ2n) is 5.19. The fourth-order valence-electron chi connectivity index (χ4n) is 1.73. The van der Waals surface area contributed by atoms with Crippen molar-refractivity contribution in [2.75, 3.05) is 6.54 Å². The van der Waals surface area contributed by atoms with E-state index in [1.54, 1.807) is 32.1 Å². The normalized spacial score (nSPS) is 13.0. The molecule has 1 rings (SSSR count). The highest BCUT2D eigenvalue weighted by Gasteiger charge is 2.27. The van der Waals surface area contributed by atoms with E-state index in [2.05, 4.69) is 16.6 Å². The molecule has 0 unspecified atom stereocenters. The predicted molar refractivity (Wildman–Crippen MR) is 83.3 cm³/mol. The standard InChI is InChI=1S/C15H22N2O3S/c1-5-10-16-15(18)14(11(2)3)17-21(19,20)13-8-6-12(4)7-9-13/h5-9,11,14,17H,1,10H2,2-4H3,(H,16,18)/t14-/m0/s1. The van der Waals surface area contributed by atoms with Crippen LogP contribution in [-0.4, -0.2) is 26.9 Å². The van der Waals surface area contributed by atoms with Crippen molar-refractivity contribution in [3.63, 3.8) is 0 Å². The average Bonchev–Trinajstić information content (AvgIpc) is 2.42. The van der Waals surface area contributed by atoms with E-state index in [0.717, 1.165) is 5.56 Å². The summed E-state index contributed by atoms with van der Waals surface area (Å²) in [5, 5.41) is 2.61. The zero-order valence-corrected chi connectivity index (χ0v) is 13.4. The molecule has 0 spiro atoms. The second-order valence-corrected chi connectivity index (χ2v) is 6.90. The van der Waals surface area contributed by atoms with Crippen molar-refractivity contribution in [2.45, 2.75) is 31.7 Å². The Bertz CT molecular complexity index is 592. The molecular weight excluding hydrogens is 288 g/mol. The van der Waals surface area contributed by atoms with Gasteiger partial charge in [0.15, 0.2) is 0 Å². The Hall–Kier alpha value is -1.66. The van der Waals surface area contributed by atoms with Crippen LogP contribution in [0.15, 0.2) is 41.8 Å². The van der Waals surface area contributed by atoms with Crippen LogP contribution >= 0.6 is 0 Å². The highest BCUT2D eigenvalue weighted by atomic mass is 32.2. The highest BCUT2D eigenvalue weighted by Crippen LogP contribution is 2.13. The first-order valence-electron chi connectivity index (χ1n) is 6.75. The van der Waals surface area contributed by atoms with Crippen LogP contribution in [0, 0.1) is 12.8 Å². The summed E-state index contributed by atoms with van der Waals surface area (Å²) >= 11 is 0. The van der Waals surface area contributed by atoms with Crippen molar-refractivity contribution in [3.05, 3.63) is 42.5 Å². The minimum Gasteiger partial charge on any atom is -0.351 e. The molecule has 0 bridgehead atoms. The Kier molecular flexibility index (Phi) is 6.11. The molecule has 1 amide bonds. The molecule has 0 aliphatic carbocycles. The molecule has 116 valence electrons. The maximum absolute atomic E-state index is 12.3. The van der Waals surface area contributed by atoms with E-state index in [9.17, 15) is 13.2 Å². The van der Waals surface area contributed by atoms with E-state index in [-0.39, 0.29) is 16.7 Å². The van der Waals surface area contributed by atoms with Gasteiger partial charge in [-0.15, -0.1) is 6.58 Å². The number of sulfonamides is 1. The molecule has 1 aromatic carbocycles. The highest BCUT2D eigenvalue weighted by molar-refractivity contribution is 7.89. The molecule has 0 aliphatic rings. The van der Waals surface area contributed by atoms with Crippen LogP contribution in [0.3, 0.4) is 0 Å². The van der Waals surface area contributed by atoms with Crippen molar-refractivity contribution >= 4 is 15.9 Å². The Balaban J connectivity index is 2.94. The van der Waals surface area contributed by atoms with Crippen molar-refractivity contribution in [3.8, 4) is 0 Å². The van der Waals surface area contributed by atoms with Gasteiger partial charge in [0.2, 0.25) is 15.9 Å². The molecular formula is C15H22N2O3S. The summed E-state index contributed by atoms with van der Waals surface area (Å²) in [6.45, 7) is 9.27. The van der Waals surface area contributed by atoms with Gasteiger partial charge < -0.3 is 5.32 Å². The number of nitrogens with one attached hydrogen (secondary N) is 2. The van der Waals surface area contributed by atoms with Crippen molar-refractivity contribution in [2.24, 2.45) is 5.92 Å². The first-order valence-corrected chi connectivity index (χ1v) is 8.24. The Labute approximate surface area is 126 Å². The van der Waals surface area contributed by atoms with Gasteiger partial charge in [0.25, 0.3) is 0 Å². The van der Waals surface area contributed by atoms with E-state index in [1.807, 2.05) is 6.92 Å². The lowest BCUT2D eigenvalue weighted by Gasteiger charge is -2.21. The zero-order valence-electron chi connectivity index (χ0n) is 12.6. The number of amides is 1. The fourth-order valence-corrected chi connectivity index (χ4v) is 3.07. The Morgan fingerprint density at radius 2 is 1.86 bits per heavy atom. The van der Waals surface area contributed by atoms with Gasteiger partial charge >= 0.3 is 0 Å². The molecule has 21 heavy (non-hydrogen) atoms. The van der Waals surface area contributed by atoms with Gasteiger partial charge in [-0.3, -0.25) is 4.79 Å². The predicted octanol–water partition coefficient (Wildman–Crippen LogP) is 1.60. The van der Waals surface area contributed by atoms with Crippen LogP contribution in [0.5, 0.6) is 0 Å². The van der Waals surface area contributed by atoms with Gasteiger partial charge in [-0.2, -0.15) is 4.72 Å². The number of hydrogen-bond acceptors (Lipinski definition) is 3. The van der Waals surface area contributed by atoms with E-state index in [0.29, 0.717) is 6.54 Å². The third kappa shape index (κ3) is 4.99. The largest absolute Gasteiger partial charge is 0.351 e. The summed E-state index contributed by atoms with van der Waals surface area (Å²) in [6.07, 6.45) is 1.55. The molecule has 0 saturated heterocycles.